The summed E-state index contributed by atoms with van der Waals surface area (Å²) in [6.07, 6.45) is 0.684. The van der Waals surface area contributed by atoms with Crippen LogP contribution in [0.3, 0.4) is 0 Å². The highest BCUT2D eigenvalue weighted by Gasteiger charge is 2.32. The number of halogens is 3. The van der Waals surface area contributed by atoms with E-state index in [0.29, 0.717) is 27.6 Å². The minimum Gasteiger partial charge on any atom is -0.497 e. The topological polar surface area (TPSA) is 107 Å². The van der Waals surface area contributed by atoms with Gasteiger partial charge in [-0.15, -0.1) is 11.3 Å². The van der Waals surface area contributed by atoms with Gasteiger partial charge in [-0.2, -0.15) is 0 Å². The van der Waals surface area contributed by atoms with Gasteiger partial charge in [0, 0.05) is 28.2 Å². The average Bonchev–Trinajstić information content (AvgIpc) is 3.43. The summed E-state index contributed by atoms with van der Waals surface area (Å²) in [4.78, 5) is 3.53. The quantitative estimate of drug-likeness (QED) is 0.214. The largest absolute Gasteiger partial charge is 0.497 e. The third-order valence-corrected chi connectivity index (χ3v) is 8.76. The fourth-order valence-corrected chi connectivity index (χ4v) is 6.46. The van der Waals surface area contributed by atoms with Gasteiger partial charge in [0.15, 0.2) is 5.13 Å². The SMILES string of the molecule is COc1ccc(CN(c2nccs2)S(=O)(=O)c2cc(Cl)c(N[C@@H](N)c3cccc(Cl)c3)cc2F)c(OC)c1. The number of anilines is 2. The predicted octanol–water partition coefficient (Wildman–Crippen LogP) is 6.07. The molecular weight excluding hydrogens is 574 g/mol. The molecule has 13 heteroatoms. The van der Waals surface area contributed by atoms with Crippen molar-refractivity contribution in [1.29, 1.82) is 0 Å². The number of ether oxygens (including phenoxy) is 2. The molecule has 38 heavy (non-hydrogen) atoms. The van der Waals surface area contributed by atoms with Crippen molar-refractivity contribution >= 4 is 55.4 Å². The normalized spacial score (nSPS) is 12.2. The molecule has 4 rings (SSSR count). The Hall–Kier alpha value is -3.09. The zero-order valence-electron chi connectivity index (χ0n) is 20.2. The van der Waals surface area contributed by atoms with Crippen molar-refractivity contribution in [3.05, 3.63) is 93.2 Å². The van der Waals surface area contributed by atoms with Crippen LogP contribution in [0, 0.1) is 5.82 Å². The van der Waals surface area contributed by atoms with Gasteiger partial charge in [0.25, 0.3) is 10.0 Å². The molecule has 0 unspecified atom stereocenters. The second-order valence-electron chi connectivity index (χ2n) is 7.94. The highest BCUT2D eigenvalue weighted by atomic mass is 35.5. The van der Waals surface area contributed by atoms with Gasteiger partial charge < -0.3 is 20.5 Å². The molecule has 1 heterocycles. The summed E-state index contributed by atoms with van der Waals surface area (Å²) < 4.78 is 54.6. The molecule has 0 saturated heterocycles. The van der Waals surface area contributed by atoms with E-state index in [0.717, 1.165) is 27.8 Å². The van der Waals surface area contributed by atoms with Crippen LogP contribution in [0.1, 0.15) is 17.3 Å². The van der Waals surface area contributed by atoms with Crippen molar-refractivity contribution in [3.8, 4) is 11.5 Å². The summed E-state index contributed by atoms with van der Waals surface area (Å²) in [5.41, 5.74) is 7.45. The summed E-state index contributed by atoms with van der Waals surface area (Å²) in [7, 11) is -1.49. The summed E-state index contributed by atoms with van der Waals surface area (Å²) in [5.74, 6) is -0.0845. The standard InChI is InChI=1S/C25H23Cl2FN4O4S2/c1-35-18-7-6-16(22(11-18)36-2)14-32(25-30-8-9-37-25)38(33,34)23-12-19(27)21(13-20(23)28)31-24(29)15-4-3-5-17(26)10-15/h3-13,24,31H,14,29H2,1-2H3/t24-/m1/s1. The van der Waals surface area contributed by atoms with Gasteiger partial charge in [-0.3, -0.25) is 0 Å². The maximum absolute atomic E-state index is 15.4. The summed E-state index contributed by atoms with van der Waals surface area (Å²) in [6.45, 7) is -0.181. The number of benzene rings is 3. The van der Waals surface area contributed by atoms with E-state index in [1.54, 1.807) is 47.8 Å². The van der Waals surface area contributed by atoms with Crippen LogP contribution in [0.5, 0.6) is 11.5 Å². The number of hydrogen-bond donors (Lipinski definition) is 2. The van der Waals surface area contributed by atoms with Crippen LogP contribution >= 0.6 is 34.5 Å². The molecule has 0 amide bonds. The van der Waals surface area contributed by atoms with Crippen molar-refractivity contribution in [2.75, 3.05) is 23.8 Å². The molecule has 0 fully saturated rings. The summed E-state index contributed by atoms with van der Waals surface area (Å²) in [6, 6.07) is 13.8. The van der Waals surface area contributed by atoms with Crippen molar-refractivity contribution in [1.82, 2.24) is 4.98 Å². The third-order valence-electron chi connectivity index (χ3n) is 5.55. The molecule has 1 aromatic heterocycles. The van der Waals surface area contributed by atoms with E-state index in [4.69, 9.17) is 38.4 Å². The molecule has 0 aliphatic carbocycles. The van der Waals surface area contributed by atoms with Gasteiger partial charge in [-0.05, 0) is 42.0 Å². The molecular formula is C25H23Cl2FN4O4S2. The first-order valence-corrected chi connectivity index (χ1v) is 14.1. The number of nitrogens with two attached hydrogens (primary N) is 1. The van der Waals surface area contributed by atoms with E-state index in [-0.39, 0.29) is 22.4 Å². The lowest BCUT2D eigenvalue weighted by atomic mass is 10.1. The second kappa shape index (κ2) is 11.7. The Bertz CT molecular complexity index is 1540. The van der Waals surface area contributed by atoms with Crippen LogP contribution in [0.4, 0.5) is 15.2 Å². The highest BCUT2D eigenvalue weighted by molar-refractivity contribution is 7.93. The van der Waals surface area contributed by atoms with Crippen molar-refractivity contribution in [2.45, 2.75) is 17.6 Å². The minimum atomic E-state index is -4.46. The maximum Gasteiger partial charge on any atom is 0.269 e. The number of rotatable bonds is 10. The molecule has 0 saturated carbocycles. The fourth-order valence-electron chi connectivity index (χ4n) is 3.64. The van der Waals surface area contributed by atoms with Crippen molar-refractivity contribution in [2.24, 2.45) is 5.73 Å². The third kappa shape index (κ3) is 5.97. The van der Waals surface area contributed by atoms with Gasteiger partial charge in [0.1, 0.15) is 28.4 Å². The lowest BCUT2D eigenvalue weighted by Gasteiger charge is -2.24. The molecule has 0 aliphatic heterocycles. The molecule has 0 spiro atoms. The van der Waals surface area contributed by atoms with E-state index < -0.39 is 26.9 Å². The molecule has 0 aliphatic rings. The van der Waals surface area contributed by atoms with Crippen LogP contribution in [0.2, 0.25) is 10.0 Å². The second-order valence-corrected chi connectivity index (χ2v) is 11.5. The Morgan fingerprint density at radius 2 is 1.92 bits per heavy atom. The number of aromatic nitrogens is 1. The van der Waals surface area contributed by atoms with E-state index >= 15 is 4.39 Å². The summed E-state index contributed by atoms with van der Waals surface area (Å²) >= 11 is 13.5. The highest BCUT2D eigenvalue weighted by Crippen LogP contribution is 2.36. The van der Waals surface area contributed by atoms with Crippen molar-refractivity contribution < 1.29 is 22.3 Å². The van der Waals surface area contributed by atoms with Gasteiger partial charge in [-0.25, -0.2) is 22.1 Å². The molecule has 0 bridgehead atoms. The average molecular weight is 598 g/mol. The number of methoxy groups -OCH3 is 2. The van der Waals surface area contributed by atoms with Gasteiger partial charge in [0.05, 0.1) is 31.5 Å². The fraction of sp³-hybridized carbons (Fsp3) is 0.160. The molecule has 8 nitrogen and oxygen atoms in total. The van der Waals surface area contributed by atoms with E-state index in [9.17, 15) is 8.42 Å². The van der Waals surface area contributed by atoms with E-state index in [1.807, 2.05) is 0 Å². The van der Waals surface area contributed by atoms with Gasteiger partial charge in [-0.1, -0.05) is 35.3 Å². The van der Waals surface area contributed by atoms with Gasteiger partial charge >= 0.3 is 0 Å². The van der Waals surface area contributed by atoms with Crippen LogP contribution in [-0.2, 0) is 16.6 Å². The molecule has 0 radical (unpaired) electrons. The maximum atomic E-state index is 15.4. The Morgan fingerprint density at radius 3 is 2.58 bits per heavy atom. The number of thiazole rings is 1. The number of hydrogen-bond acceptors (Lipinski definition) is 8. The first-order chi connectivity index (χ1) is 18.1. The van der Waals surface area contributed by atoms with Crippen LogP contribution in [0.15, 0.2) is 71.1 Å². The smallest absolute Gasteiger partial charge is 0.269 e. The zero-order valence-corrected chi connectivity index (χ0v) is 23.3. The van der Waals surface area contributed by atoms with Crippen molar-refractivity contribution in [3.63, 3.8) is 0 Å². The first-order valence-electron chi connectivity index (χ1n) is 11.0. The number of nitrogens with one attached hydrogen (secondary N) is 1. The van der Waals surface area contributed by atoms with Gasteiger partial charge in [0.2, 0.25) is 0 Å². The summed E-state index contributed by atoms with van der Waals surface area (Å²) in [5, 5.41) is 5.10. The van der Waals surface area contributed by atoms with Crippen LogP contribution < -0.4 is 24.8 Å². The minimum absolute atomic E-state index is 0.0384. The molecule has 3 aromatic carbocycles. The Balaban J connectivity index is 1.70. The lowest BCUT2D eigenvalue weighted by Crippen LogP contribution is -2.31. The molecule has 4 aromatic rings. The zero-order chi connectivity index (χ0) is 27.4. The van der Waals surface area contributed by atoms with E-state index in [1.165, 1.54) is 20.4 Å². The molecule has 3 N–H and O–H groups in total. The first kappa shape index (κ1) is 27.9. The Kier molecular flexibility index (Phi) is 8.64. The monoisotopic (exact) mass is 596 g/mol. The van der Waals surface area contributed by atoms with Crippen LogP contribution in [0.25, 0.3) is 0 Å². The predicted molar refractivity (Wildman–Crippen MR) is 148 cm³/mol. The number of sulfonamides is 1. The molecule has 1 atom stereocenters. The number of nitrogens with zero attached hydrogens (tertiary/aromatic N) is 2. The Labute approximate surface area is 233 Å². The lowest BCUT2D eigenvalue weighted by molar-refractivity contribution is 0.391. The van der Waals surface area contributed by atoms with Crippen LogP contribution in [-0.4, -0.2) is 27.6 Å². The Morgan fingerprint density at radius 1 is 1.13 bits per heavy atom. The van der Waals surface area contributed by atoms with E-state index in [2.05, 4.69) is 10.3 Å². The molecule has 200 valence electrons.